The van der Waals surface area contributed by atoms with Crippen LogP contribution < -0.4 is 10.2 Å². The Morgan fingerprint density at radius 1 is 1.42 bits per heavy atom. The van der Waals surface area contributed by atoms with Gasteiger partial charge in [0.25, 0.3) is 5.69 Å². The molecule has 104 valence electrons. The van der Waals surface area contributed by atoms with Gasteiger partial charge in [0.05, 0.1) is 4.92 Å². The number of rotatable bonds is 5. The molecule has 1 aliphatic heterocycles. The number of benzene rings is 1. The van der Waals surface area contributed by atoms with Crippen molar-refractivity contribution in [2.75, 3.05) is 31.1 Å². The highest BCUT2D eigenvalue weighted by Crippen LogP contribution is 2.21. The molecule has 1 saturated heterocycles. The Morgan fingerprint density at radius 3 is 2.68 bits per heavy atom. The predicted octanol–water partition coefficient (Wildman–Crippen LogP) is 2.42. The molecule has 1 aliphatic rings. The summed E-state index contributed by atoms with van der Waals surface area (Å²) in [6.45, 7) is 6.26. The van der Waals surface area contributed by atoms with Crippen LogP contribution in [0, 0.1) is 16.0 Å². The third-order valence-electron chi connectivity index (χ3n) is 3.68. The van der Waals surface area contributed by atoms with E-state index in [9.17, 15) is 10.1 Å². The van der Waals surface area contributed by atoms with Crippen LogP contribution in [0.15, 0.2) is 24.3 Å². The minimum Gasteiger partial charge on any atom is -0.371 e. The second kappa shape index (κ2) is 6.52. The maximum absolute atomic E-state index is 10.7. The molecule has 1 atom stereocenters. The van der Waals surface area contributed by atoms with Crippen molar-refractivity contribution in [2.24, 2.45) is 5.92 Å². The van der Waals surface area contributed by atoms with E-state index in [4.69, 9.17) is 0 Å². The molecule has 1 aromatic rings. The van der Waals surface area contributed by atoms with E-state index < -0.39 is 0 Å². The molecule has 1 N–H and O–H groups in total. The van der Waals surface area contributed by atoms with Gasteiger partial charge in [0.15, 0.2) is 0 Å². The van der Waals surface area contributed by atoms with E-state index >= 15 is 0 Å². The normalized spacial score (nSPS) is 19.1. The van der Waals surface area contributed by atoms with E-state index in [0.29, 0.717) is 5.92 Å². The summed E-state index contributed by atoms with van der Waals surface area (Å²) in [5, 5.41) is 14.1. The average molecular weight is 263 g/mol. The second-order valence-corrected chi connectivity index (χ2v) is 5.02. The highest BCUT2D eigenvalue weighted by atomic mass is 16.6. The fourth-order valence-electron chi connectivity index (χ4n) is 2.59. The fourth-order valence-corrected chi connectivity index (χ4v) is 2.59. The first kappa shape index (κ1) is 13.8. The van der Waals surface area contributed by atoms with Gasteiger partial charge in [-0.25, -0.2) is 0 Å². The Morgan fingerprint density at radius 2 is 2.16 bits per heavy atom. The van der Waals surface area contributed by atoms with Crippen LogP contribution in [0.1, 0.15) is 19.8 Å². The molecule has 0 bridgehead atoms. The molecule has 1 fully saturated rings. The monoisotopic (exact) mass is 263 g/mol. The number of non-ortho nitro benzene ring substituents is 1. The van der Waals surface area contributed by atoms with E-state index in [0.717, 1.165) is 31.9 Å². The van der Waals surface area contributed by atoms with Crippen molar-refractivity contribution in [3.63, 3.8) is 0 Å². The first-order valence-corrected chi connectivity index (χ1v) is 6.91. The van der Waals surface area contributed by atoms with Crippen LogP contribution >= 0.6 is 0 Å². The number of nitrogens with one attached hydrogen (secondary N) is 1. The van der Waals surface area contributed by atoms with Crippen molar-refractivity contribution in [1.82, 2.24) is 5.32 Å². The van der Waals surface area contributed by atoms with Crippen LogP contribution in [0.3, 0.4) is 0 Å². The zero-order valence-electron chi connectivity index (χ0n) is 11.3. The third kappa shape index (κ3) is 3.67. The van der Waals surface area contributed by atoms with Gasteiger partial charge in [-0.3, -0.25) is 10.1 Å². The van der Waals surface area contributed by atoms with Crippen LogP contribution in [-0.4, -0.2) is 31.1 Å². The maximum atomic E-state index is 10.7. The van der Waals surface area contributed by atoms with Crippen LogP contribution in [0.4, 0.5) is 11.4 Å². The Bertz CT molecular complexity index is 413. The van der Waals surface area contributed by atoms with Gasteiger partial charge in [0.1, 0.15) is 0 Å². The third-order valence-corrected chi connectivity index (χ3v) is 3.68. The number of hydrogen-bond donors (Lipinski definition) is 1. The number of nitro groups is 1. The van der Waals surface area contributed by atoms with Crippen LogP contribution in [-0.2, 0) is 0 Å². The fraction of sp³-hybridized carbons (Fsp3) is 0.571. The largest absolute Gasteiger partial charge is 0.371 e. The Balaban J connectivity index is 2.01. The van der Waals surface area contributed by atoms with E-state index in [2.05, 4.69) is 17.1 Å². The summed E-state index contributed by atoms with van der Waals surface area (Å²) >= 11 is 0. The molecule has 1 unspecified atom stereocenters. The topological polar surface area (TPSA) is 58.4 Å². The van der Waals surface area contributed by atoms with Gasteiger partial charge in [-0.1, -0.05) is 0 Å². The number of nitrogens with zero attached hydrogens (tertiary/aromatic N) is 2. The summed E-state index contributed by atoms with van der Waals surface area (Å²) in [4.78, 5) is 12.6. The van der Waals surface area contributed by atoms with Gasteiger partial charge in [0.2, 0.25) is 0 Å². The molecule has 0 aromatic heterocycles. The first-order chi connectivity index (χ1) is 9.20. The van der Waals surface area contributed by atoms with Crippen LogP contribution in [0.25, 0.3) is 0 Å². The van der Waals surface area contributed by atoms with E-state index in [1.807, 2.05) is 12.1 Å². The molecule has 0 spiro atoms. The summed E-state index contributed by atoms with van der Waals surface area (Å²) in [7, 11) is 0. The van der Waals surface area contributed by atoms with Gasteiger partial charge in [-0.05, 0) is 50.9 Å². The van der Waals surface area contributed by atoms with Gasteiger partial charge < -0.3 is 10.2 Å². The van der Waals surface area contributed by atoms with Crippen LogP contribution in [0.2, 0.25) is 0 Å². The van der Waals surface area contributed by atoms with E-state index in [1.165, 1.54) is 12.8 Å². The molecule has 5 heteroatoms. The minimum absolute atomic E-state index is 0.152. The summed E-state index contributed by atoms with van der Waals surface area (Å²) in [6.07, 6.45) is 2.50. The number of piperidine rings is 1. The molecule has 19 heavy (non-hydrogen) atoms. The molecule has 0 aliphatic carbocycles. The SMILES string of the molecule is CCN(CC1CCCNC1)c1ccc([N+](=O)[O-])cc1. The Hall–Kier alpha value is -1.62. The smallest absolute Gasteiger partial charge is 0.269 e. The first-order valence-electron chi connectivity index (χ1n) is 6.91. The van der Waals surface area contributed by atoms with Crippen molar-refractivity contribution in [3.05, 3.63) is 34.4 Å². The predicted molar refractivity (Wildman–Crippen MR) is 76.6 cm³/mol. The zero-order chi connectivity index (χ0) is 13.7. The number of nitro benzene ring substituents is 1. The minimum atomic E-state index is -0.356. The quantitative estimate of drug-likeness (QED) is 0.654. The molecule has 0 saturated carbocycles. The van der Waals surface area contributed by atoms with Crippen molar-refractivity contribution < 1.29 is 4.92 Å². The lowest BCUT2D eigenvalue weighted by atomic mass is 9.99. The molecular weight excluding hydrogens is 242 g/mol. The summed E-state index contributed by atoms with van der Waals surface area (Å²) in [6, 6.07) is 6.85. The van der Waals surface area contributed by atoms with Crippen molar-refractivity contribution in [3.8, 4) is 0 Å². The Kier molecular flexibility index (Phi) is 4.74. The summed E-state index contributed by atoms with van der Waals surface area (Å²) < 4.78 is 0. The highest BCUT2D eigenvalue weighted by Gasteiger charge is 2.17. The Labute approximate surface area is 113 Å². The molecule has 1 heterocycles. The van der Waals surface area contributed by atoms with Crippen molar-refractivity contribution in [2.45, 2.75) is 19.8 Å². The number of hydrogen-bond acceptors (Lipinski definition) is 4. The molecule has 2 rings (SSSR count). The summed E-state index contributed by atoms with van der Waals surface area (Å²) in [5.41, 5.74) is 1.22. The second-order valence-electron chi connectivity index (χ2n) is 5.02. The average Bonchev–Trinajstić information content (AvgIpc) is 2.46. The van der Waals surface area contributed by atoms with Gasteiger partial charge >= 0.3 is 0 Å². The summed E-state index contributed by atoms with van der Waals surface area (Å²) in [5.74, 6) is 0.670. The number of anilines is 1. The van der Waals surface area contributed by atoms with E-state index in [1.54, 1.807) is 12.1 Å². The molecule has 1 aromatic carbocycles. The molecule has 0 radical (unpaired) electrons. The molecule has 0 amide bonds. The van der Waals surface area contributed by atoms with E-state index in [-0.39, 0.29) is 10.6 Å². The van der Waals surface area contributed by atoms with Gasteiger partial charge in [-0.15, -0.1) is 0 Å². The highest BCUT2D eigenvalue weighted by molar-refractivity contribution is 5.50. The standard InChI is InChI=1S/C14H21N3O2/c1-2-16(11-12-4-3-9-15-10-12)13-5-7-14(8-6-13)17(18)19/h5-8,12,15H,2-4,9-11H2,1H3. The van der Waals surface area contributed by atoms with Crippen molar-refractivity contribution >= 4 is 11.4 Å². The van der Waals surface area contributed by atoms with Gasteiger partial charge in [-0.2, -0.15) is 0 Å². The molecule has 5 nitrogen and oxygen atoms in total. The lowest BCUT2D eigenvalue weighted by Gasteiger charge is -2.30. The van der Waals surface area contributed by atoms with Crippen LogP contribution in [0.5, 0.6) is 0 Å². The lowest BCUT2D eigenvalue weighted by Crippen LogP contribution is -2.38. The zero-order valence-corrected chi connectivity index (χ0v) is 11.3. The van der Waals surface area contributed by atoms with Crippen molar-refractivity contribution in [1.29, 1.82) is 0 Å². The molecular formula is C14H21N3O2. The maximum Gasteiger partial charge on any atom is 0.269 e. The lowest BCUT2D eigenvalue weighted by molar-refractivity contribution is -0.384. The van der Waals surface area contributed by atoms with Gasteiger partial charge in [0, 0.05) is 30.9 Å².